The lowest BCUT2D eigenvalue weighted by Gasteiger charge is -2.55. The number of hydrogen-bond donors (Lipinski definition) is 2. The van der Waals surface area contributed by atoms with Gasteiger partial charge in [-0.25, -0.2) is 27.5 Å². The van der Waals surface area contributed by atoms with Crippen molar-refractivity contribution in [3.8, 4) is 17.2 Å². The van der Waals surface area contributed by atoms with Crippen LogP contribution in [0.1, 0.15) is 56.8 Å². The predicted molar refractivity (Wildman–Crippen MR) is 188 cm³/mol. The van der Waals surface area contributed by atoms with E-state index in [2.05, 4.69) is 24.5 Å². The van der Waals surface area contributed by atoms with Crippen LogP contribution in [0.3, 0.4) is 0 Å². The average molecular weight is 727 g/mol. The Bertz CT molecular complexity index is 1800. The molecule has 2 aromatic carbocycles. The molecule has 13 nitrogen and oxygen atoms in total. The minimum atomic E-state index is -3.83. The molecule has 0 saturated carbocycles. The number of carbonyl (C=O) groups is 1. The summed E-state index contributed by atoms with van der Waals surface area (Å²) in [5.41, 5.74) is 0.216. The number of para-hydroxylation sites is 1. The molecule has 0 radical (unpaired) electrons. The summed E-state index contributed by atoms with van der Waals surface area (Å²) in [6.07, 6.45) is 5.59. The second kappa shape index (κ2) is 15.0. The number of β-amino-alcohol motifs (C(OH)–C–C–N with tert-alkyl or cyclic N) is 1. The van der Waals surface area contributed by atoms with Crippen molar-refractivity contribution in [3.05, 3.63) is 66.4 Å². The molecule has 6 rings (SSSR count). The maximum absolute atomic E-state index is 14.3. The Balaban J connectivity index is 1.02. The Labute approximate surface area is 298 Å². The first-order chi connectivity index (χ1) is 24.3. The van der Waals surface area contributed by atoms with E-state index in [1.807, 2.05) is 20.8 Å². The van der Waals surface area contributed by atoms with E-state index >= 15 is 0 Å². The molecule has 276 valence electrons. The number of nitrogens with one attached hydrogen (secondary N) is 1. The zero-order valence-corrected chi connectivity index (χ0v) is 30.4. The van der Waals surface area contributed by atoms with Crippen molar-refractivity contribution in [2.45, 2.75) is 69.2 Å². The minimum absolute atomic E-state index is 0.0586. The summed E-state index contributed by atoms with van der Waals surface area (Å²) in [6, 6.07) is 9.84. The molecule has 1 amide bonds. The molecule has 0 unspecified atom stereocenters. The highest BCUT2D eigenvalue weighted by Crippen LogP contribution is 2.45. The molecule has 3 saturated heterocycles. The highest BCUT2D eigenvalue weighted by atomic mass is 32.2. The lowest BCUT2D eigenvalue weighted by molar-refractivity contribution is -0.239. The Morgan fingerprint density at radius 2 is 1.88 bits per heavy atom. The van der Waals surface area contributed by atoms with Crippen LogP contribution >= 0.6 is 0 Å². The number of aromatic nitrogens is 2. The third-order valence-electron chi connectivity index (χ3n) is 10.1. The highest BCUT2D eigenvalue weighted by molar-refractivity contribution is 7.89. The van der Waals surface area contributed by atoms with Gasteiger partial charge in [0.1, 0.15) is 28.5 Å². The Morgan fingerprint density at radius 1 is 1.14 bits per heavy atom. The molecule has 51 heavy (non-hydrogen) atoms. The SMILES string of the molecule is CCN(C(=O)c1cc(F)ccc1Oc1cncnc1N1CC2(CCN(C[C@@]3(O)CC[C@@H](NS(=O)(=O)c4ccccc4OC)CO3)CC2)C1)C(C)C. The number of aliphatic hydroxyl groups is 1. The van der Waals surface area contributed by atoms with E-state index in [0.29, 0.717) is 37.5 Å². The number of benzene rings is 2. The number of ether oxygens (including phenoxy) is 3. The number of likely N-dealkylation sites (tertiary alicyclic amines) is 1. The van der Waals surface area contributed by atoms with Gasteiger partial charge in [0.2, 0.25) is 10.0 Å². The predicted octanol–water partition coefficient (Wildman–Crippen LogP) is 4.04. The van der Waals surface area contributed by atoms with Gasteiger partial charge in [-0.05, 0) is 83.5 Å². The summed E-state index contributed by atoms with van der Waals surface area (Å²) in [5, 5.41) is 11.3. The molecule has 3 aliphatic rings. The van der Waals surface area contributed by atoms with Crippen molar-refractivity contribution in [3.63, 3.8) is 0 Å². The normalized spacial score (nSPS) is 22.1. The number of hydrogen-bond acceptors (Lipinski definition) is 11. The lowest BCUT2D eigenvalue weighted by Crippen LogP contribution is -2.62. The van der Waals surface area contributed by atoms with Gasteiger partial charge in [0.05, 0.1) is 32.0 Å². The van der Waals surface area contributed by atoms with Gasteiger partial charge < -0.3 is 29.1 Å². The van der Waals surface area contributed by atoms with Crippen molar-refractivity contribution >= 4 is 21.7 Å². The van der Waals surface area contributed by atoms with Crippen LogP contribution in [-0.2, 0) is 14.8 Å². The molecular formula is C36H47FN6O7S. The first-order valence-corrected chi connectivity index (χ1v) is 18.9. The van der Waals surface area contributed by atoms with E-state index in [1.54, 1.807) is 29.3 Å². The molecule has 0 aliphatic carbocycles. The molecule has 2 atom stereocenters. The molecule has 4 heterocycles. The van der Waals surface area contributed by atoms with Gasteiger partial charge in [-0.1, -0.05) is 12.1 Å². The second-order valence-electron chi connectivity index (χ2n) is 14.0. The average Bonchev–Trinajstić information content (AvgIpc) is 3.10. The van der Waals surface area contributed by atoms with E-state index < -0.39 is 27.7 Å². The van der Waals surface area contributed by atoms with E-state index in [4.69, 9.17) is 14.2 Å². The van der Waals surface area contributed by atoms with Crippen LogP contribution in [0.5, 0.6) is 17.2 Å². The number of nitrogens with zero attached hydrogens (tertiary/aromatic N) is 5. The van der Waals surface area contributed by atoms with Crippen LogP contribution in [0.25, 0.3) is 0 Å². The number of methoxy groups -OCH3 is 1. The Morgan fingerprint density at radius 3 is 2.55 bits per heavy atom. The topological polar surface area (TPSA) is 147 Å². The van der Waals surface area contributed by atoms with Gasteiger partial charge in [0, 0.05) is 43.6 Å². The summed E-state index contributed by atoms with van der Waals surface area (Å²) in [5.74, 6) is -0.699. The van der Waals surface area contributed by atoms with Gasteiger partial charge in [-0.15, -0.1) is 0 Å². The molecular weight excluding hydrogens is 679 g/mol. The quantitative estimate of drug-likeness (QED) is 0.279. The first kappa shape index (κ1) is 36.9. The minimum Gasteiger partial charge on any atom is -0.495 e. The zero-order chi connectivity index (χ0) is 36.4. The monoisotopic (exact) mass is 726 g/mol. The van der Waals surface area contributed by atoms with E-state index in [-0.39, 0.29) is 45.9 Å². The van der Waals surface area contributed by atoms with Gasteiger partial charge >= 0.3 is 0 Å². The summed E-state index contributed by atoms with van der Waals surface area (Å²) < 4.78 is 60.4. The molecule has 15 heteroatoms. The molecule has 3 aromatic rings. The van der Waals surface area contributed by atoms with E-state index in [9.17, 15) is 22.7 Å². The van der Waals surface area contributed by atoms with Crippen molar-refractivity contribution in [1.82, 2.24) is 24.5 Å². The van der Waals surface area contributed by atoms with Crippen LogP contribution < -0.4 is 19.1 Å². The van der Waals surface area contributed by atoms with Crippen LogP contribution in [0.15, 0.2) is 59.9 Å². The number of anilines is 1. The van der Waals surface area contributed by atoms with Crippen LogP contribution in [-0.4, -0.2) is 110 Å². The van der Waals surface area contributed by atoms with Gasteiger partial charge in [0.25, 0.3) is 5.91 Å². The Hall–Kier alpha value is -3.89. The molecule has 3 fully saturated rings. The summed E-state index contributed by atoms with van der Waals surface area (Å²) in [7, 11) is -2.40. The van der Waals surface area contributed by atoms with Crippen molar-refractivity contribution in [1.29, 1.82) is 0 Å². The largest absolute Gasteiger partial charge is 0.495 e. The smallest absolute Gasteiger partial charge is 0.257 e. The summed E-state index contributed by atoms with van der Waals surface area (Å²) in [4.78, 5) is 28.1. The van der Waals surface area contributed by atoms with Crippen molar-refractivity contribution in [2.75, 3.05) is 57.9 Å². The fraction of sp³-hybridized carbons (Fsp3) is 0.528. The molecule has 2 N–H and O–H groups in total. The van der Waals surface area contributed by atoms with Gasteiger partial charge in [-0.2, -0.15) is 0 Å². The number of piperidine rings is 1. The number of rotatable bonds is 12. The zero-order valence-electron chi connectivity index (χ0n) is 29.5. The Kier molecular flexibility index (Phi) is 10.8. The highest BCUT2D eigenvalue weighted by Gasteiger charge is 2.47. The number of sulfonamides is 1. The third-order valence-corrected chi connectivity index (χ3v) is 11.7. The van der Waals surface area contributed by atoms with Gasteiger partial charge in [0.15, 0.2) is 17.4 Å². The summed E-state index contributed by atoms with van der Waals surface area (Å²) >= 11 is 0. The van der Waals surface area contributed by atoms with Crippen molar-refractivity contribution in [2.24, 2.45) is 5.41 Å². The van der Waals surface area contributed by atoms with Crippen LogP contribution in [0.4, 0.5) is 10.2 Å². The lowest BCUT2D eigenvalue weighted by atomic mass is 9.72. The molecule has 1 spiro atoms. The molecule has 3 aliphatic heterocycles. The van der Waals surface area contributed by atoms with E-state index in [0.717, 1.165) is 39.0 Å². The molecule has 1 aromatic heterocycles. The number of carbonyl (C=O) groups excluding carboxylic acids is 1. The standard InChI is InChI=1S/C36H47FN6O7S/c1-5-43(25(2)3)34(44)28-18-26(37)10-11-29(28)50-31-19-38-24-39-33(31)42-21-35(22-42)14-16-41(17-15-35)23-36(45)13-12-27(20-49-36)40-51(46,47)32-9-7-6-8-30(32)48-4/h6-11,18-19,24-25,27,40,45H,5,12-17,20-23H2,1-4H3/t27-,36-/m1/s1. The maximum Gasteiger partial charge on any atom is 0.257 e. The third kappa shape index (κ3) is 8.12. The fourth-order valence-electron chi connectivity index (χ4n) is 7.31. The van der Waals surface area contributed by atoms with Gasteiger partial charge in [-0.3, -0.25) is 9.69 Å². The first-order valence-electron chi connectivity index (χ1n) is 17.4. The van der Waals surface area contributed by atoms with Crippen molar-refractivity contribution < 1.29 is 36.9 Å². The molecule has 0 bridgehead atoms. The number of halogens is 1. The van der Waals surface area contributed by atoms with Crippen LogP contribution in [0, 0.1) is 11.2 Å². The second-order valence-corrected chi connectivity index (χ2v) is 15.7. The summed E-state index contributed by atoms with van der Waals surface area (Å²) in [6.45, 7) is 9.66. The van der Waals surface area contributed by atoms with Crippen LogP contribution in [0.2, 0.25) is 0 Å². The fourth-order valence-corrected chi connectivity index (χ4v) is 8.74. The maximum atomic E-state index is 14.3. The number of amides is 1. The van der Waals surface area contributed by atoms with E-state index in [1.165, 1.54) is 37.7 Å².